The summed E-state index contributed by atoms with van der Waals surface area (Å²) in [5.41, 5.74) is 0.812. The lowest BCUT2D eigenvalue weighted by Crippen LogP contribution is -2.36. The van der Waals surface area contributed by atoms with Crippen molar-refractivity contribution in [3.63, 3.8) is 0 Å². The molecule has 0 saturated carbocycles. The molecule has 1 aromatic carbocycles. The van der Waals surface area contributed by atoms with Gasteiger partial charge in [-0.3, -0.25) is 4.79 Å². The van der Waals surface area contributed by atoms with Gasteiger partial charge in [0.15, 0.2) is 5.78 Å². The number of benzene rings is 1. The lowest BCUT2D eigenvalue weighted by atomic mass is 9.82. The highest BCUT2D eigenvalue weighted by molar-refractivity contribution is 5.98. The van der Waals surface area contributed by atoms with E-state index in [1.54, 1.807) is 12.1 Å². The molecule has 0 bridgehead atoms. The highest BCUT2D eigenvalue weighted by Gasteiger charge is 2.26. The Hall–Kier alpha value is -1.68. The number of carbonyl (C=O) groups excluding carboxylic acids is 1. The van der Waals surface area contributed by atoms with Crippen molar-refractivity contribution in [3.8, 4) is 0 Å². The van der Waals surface area contributed by atoms with E-state index in [-0.39, 0.29) is 17.3 Å². The first-order valence-electron chi connectivity index (χ1n) is 6.68. The van der Waals surface area contributed by atoms with Crippen LogP contribution < -0.4 is 5.32 Å². The Labute approximate surface area is 112 Å². The fraction of sp³-hybridized carbons (Fsp3) is 0.467. The maximum Gasteiger partial charge on any atom is 0.335 e. The van der Waals surface area contributed by atoms with E-state index < -0.39 is 5.97 Å². The number of nitrogens with one attached hydrogen (secondary N) is 1. The van der Waals surface area contributed by atoms with Crippen LogP contribution in [0.3, 0.4) is 0 Å². The van der Waals surface area contributed by atoms with Gasteiger partial charge < -0.3 is 10.4 Å². The van der Waals surface area contributed by atoms with Crippen LogP contribution in [0.5, 0.6) is 0 Å². The molecule has 2 rings (SSSR count). The molecule has 0 aliphatic carbocycles. The van der Waals surface area contributed by atoms with Crippen LogP contribution in [-0.4, -0.2) is 29.9 Å². The third kappa shape index (κ3) is 3.20. The Bertz CT molecular complexity index is 461. The standard InChI is InChI=1S/C15H19NO3/c1-10(13-3-2-8-16-9-13)14(17)11-4-6-12(7-5-11)15(18)19/h4-7,10,13,16H,2-3,8-9H2,1H3,(H,18,19). The molecule has 1 aromatic rings. The van der Waals surface area contributed by atoms with Gasteiger partial charge in [-0.25, -0.2) is 4.79 Å². The lowest BCUT2D eigenvalue weighted by molar-refractivity contribution is 0.0696. The van der Waals surface area contributed by atoms with Gasteiger partial charge in [-0.2, -0.15) is 0 Å². The maximum atomic E-state index is 12.3. The number of hydrogen-bond donors (Lipinski definition) is 2. The molecule has 2 N–H and O–H groups in total. The predicted molar refractivity (Wildman–Crippen MR) is 72.5 cm³/mol. The summed E-state index contributed by atoms with van der Waals surface area (Å²) in [6, 6.07) is 6.19. The van der Waals surface area contributed by atoms with Gasteiger partial charge in [-0.1, -0.05) is 19.1 Å². The summed E-state index contributed by atoms with van der Waals surface area (Å²) in [5.74, 6) is -0.516. The molecule has 4 heteroatoms. The monoisotopic (exact) mass is 261 g/mol. The van der Waals surface area contributed by atoms with Gasteiger partial charge in [0.2, 0.25) is 0 Å². The second-order valence-corrected chi connectivity index (χ2v) is 5.14. The van der Waals surface area contributed by atoms with Crippen molar-refractivity contribution in [3.05, 3.63) is 35.4 Å². The predicted octanol–water partition coefficient (Wildman–Crippen LogP) is 2.20. The van der Waals surface area contributed by atoms with Crippen molar-refractivity contribution in [1.29, 1.82) is 0 Å². The second-order valence-electron chi connectivity index (χ2n) is 5.14. The van der Waals surface area contributed by atoms with Gasteiger partial charge in [-0.05, 0) is 44.0 Å². The zero-order chi connectivity index (χ0) is 13.8. The number of Topliss-reactive ketones (excluding diaryl/α,β-unsaturated/α-hetero) is 1. The Morgan fingerprint density at radius 1 is 1.26 bits per heavy atom. The van der Waals surface area contributed by atoms with Crippen LogP contribution in [0.15, 0.2) is 24.3 Å². The first-order valence-corrected chi connectivity index (χ1v) is 6.68. The molecule has 0 aromatic heterocycles. The largest absolute Gasteiger partial charge is 0.478 e. The molecule has 19 heavy (non-hydrogen) atoms. The van der Waals surface area contributed by atoms with Crippen molar-refractivity contribution in [2.75, 3.05) is 13.1 Å². The summed E-state index contributed by atoms with van der Waals surface area (Å²) < 4.78 is 0. The van der Waals surface area contributed by atoms with Crippen LogP contribution in [0.2, 0.25) is 0 Å². The normalized spacial score (nSPS) is 20.8. The number of carboxylic acid groups (broad SMARTS) is 1. The summed E-state index contributed by atoms with van der Waals surface area (Å²) in [5, 5.41) is 12.2. The second kappa shape index (κ2) is 5.97. The van der Waals surface area contributed by atoms with Gasteiger partial charge in [0.1, 0.15) is 0 Å². The van der Waals surface area contributed by atoms with Crippen LogP contribution in [0.1, 0.15) is 40.5 Å². The molecule has 1 fully saturated rings. The Balaban J connectivity index is 2.07. The molecule has 1 aliphatic rings. The molecular formula is C15H19NO3. The Morgan fingerprint density at radius 2 is 1.89 bits per heavy atom. The van der Waals surface area contributed by atoms with E-state index in [0.717, 1.165) is 25.9 Å². The summed E-state index contributed by atoms with van der Waals surface area (Å²) in [6.07, 6.45) is 2.19. The van der Waals surface area contributed by atoms with Gasteiger partial charge >= 0.3 is 5.97 Å². The fourth-order valence-electron chi connectivity index (χ4n) is 2.56. The summed E-state index contributed by atoms with van der Waals surface area (Å²) in [4.78, 5) is 23.1. The number of hydrogen-bond acceptors (Lipinski definition) is 3. The zero-order valence-corrected chi connectivity index (χ0v) is 11.1. The minimum atomic E-state index is -0.969. The molecule has 0 amide bonds. The number of rotatable bonds is 4. The molecule has 102 valence electrons. The number of ketones is 1. The minimum absolute atomic E-state index is 0.0246. The van der Waals surface area contributed by atoms with Crippen LogP contribution in [0.25, 0.3) is 0 Å². The van der Waals surface area contributed by atoms with Gasteiger partial charge in [-0.15, -0.1) is 0 Å². The quantitative estimate of drug-likeness (QED) is 0.815. The van der Waals surface area contributed by atoms with E-state index >= 15 is 0 Å². The number of aromatic carboxylic acids is 1. The topological polar surface area (TPSA) is 66.4 Å². The van der Waals surface area contributed by atoms with Crippen molar-refractivity contribution < 1.29 is 14.7 Å². The molecular weight excluding hydrogens is 242 g/mol. The van der Waals surface area contributed by atoms with E-state index in [1.165, 1.54) is 12.1 Å². The van der Waals surface area contributed by atoms with Gasteiger partial charge in [0, 0.05) is 11.5 Å². The first-order chi connectivity index (χ1) is 9.09. The third-order valence-electron chi connectivity index (χ3n) is 3.87. The van der Waals surface area contributed by atoms with E-state index in [2.05, 4.69) is 5.32 Å². The smallest absolute Gasteiger partial charge is 0.335 e. The molecule has 1 heterocycles. The average molecular weight is 261 g/mol. The number of carbonyl (C=O) groups is 2. The van der Waals surface area contributed by atoms with E-state index in [0.29, 0.717) is 11.5 Å². The molecule has 2 atom stereocenters. The van der Waals surface area contributed by atoms with Crippen molar-refractivity contribution in [2.45, 2.75) is 19.8 Å². The summed E-state index contributed by atoms with van der Waals surface area (Å²) in [7, 11) is 0. The summed E-state index contributed by atoms with van der Waals surface area (Å²) >= 11 is 0. The van der Waals surface area contributed by atoms with Crippen LogP contribution >= 0.6 is 0 Å². The van der Waals surface area contributed by atoms with E-state index in [1.807, 2.05) is 6.92 Å². The fourth-order valence-corrected chi connectivity index (χ4v) is 2.56. The number of carboxylic acids is 1. The molecule has 2 unspecified atom stereocenters. The van der Waals surface area contributed by atoms with Crippen LogP contribution in [0, 0.1) is 11.8 Å². The highest BCUT2D eigenvalue weighted by Crippen LogP contribution is 2.23. The molecule has 1 saturated heterocycles. The Kier molecular flexibility index (Phi) is 4.32. The Morgan fingerprint density at radius 3 is 2.42 bits per heavy atom. The maximum absolute atomic E-state index is 12.3. The van der Waals surface area contributed by atoms with Gasteiger partial charge in [0.25, 0.3) is 0 Å². The number of piperidine rings is 1. The summed E-state index contributed by atoms with van der Waals surface area (Å²) in [6.45, 7) is 3.88. The molecule has 1 aliphatic heterocycles. The molecule has 0 radical (unpaired) electrons. The SMILES string of the molecule is CC(C(=O)c1ccc(C(=O)O)cc1)C1CCCNC1. The first kappa shape index (κ1) is 13.7. The van der Waals surface area contributed by atoms with Gasteiger partial charge in [0.05, 0.1) is 5.56 Å². The lowest BCUT2D eigenvalue weighted by Gasteiger charge is -2.27. The third-order valence-corrected chi connectivity index (χ3v) is 3.87. The minimum Gasteiger partial charge on any atom is -0.478 e. The van der Waals surface area contributed by atoms with Crippen molar-refractivity contribution >= 4 is 11.8 Å². The van der Waals surface area contributed by atoms with Crippen LogP contribution in [-0.2, 0) is 0 Å². The van der Waals surface area contributed by atoms with Crippen molar-refractivity contribution in [2.24, 2.45) is 11.8 Å². The average Bonchev–Trinajstić information content (AvgIpc) is 2.46. The van der Waals surface area contributed by atoms with E-state index in [4.69, 9.17) is 5.11 Å². The zero-order valence-electron chi connectivity index (χ0n) is 11.1. The molecule has 0 spiro atoms. The highest BCUT2D eigenvalue weighted by atomic mass is 16.4. The van der Waals surface area contributed by atoms with Crippen LogP contribution in [0.4, 0.5) is 0 Å². The van der Waals surface area contributed by atoms with E-state index in [9.17, 15) is 9.59 Å². The van der Waals surface area contributed by atoms with Crippen molar-refractivity contribution in [1.82, 2.24) is 5.32 Å². The molecule has 4 nitrogen and oxygen atoms in total.